The molecule has 0 aliphatic carbocycles. The first-order valence-corrected chi connectivity index (χ1v) is 7.05. The molecule has 1 aromatic carbocycles. The van der Waals surface area contributed by atoms with Crippen molar-refractivity contribution < 1.29 is 9.53 Å². The van der Waals surface area contributed by atoms with Gasteiger partial charge in [-0.25, -0.2) is 0 Å². The van der Waals surface area contributed by atoms with Gasteiger partial charge in [0.2, 0.25) is 0 Å². The molecule has 0 atom stereocenters. The minimum Gasteiger partial charge on any atom is -0.384 e. The summed E-state index contributed by atoms with van der Waals surface area (Å²) in [6.45, 7) is 3.39. The van der Waals surface area contributed by atoms with E-state index in [4.69, 9.17) is 4.74 Å². The van der Waals surface area contributed by atoms with Crippen molar-refractivity contribution in [3.63, 3.8) is 0 Å². The molecule has 0 radical (unpaired) electrons. The summed E-state index contributed by atoms with van der Waals surface area (Å²) in [7, 11) is 0. The molecule has 1 fully saturated rings. The Labute approximate surface area is 125 Å². The number of hydrogen-bond acceptors (Lipinski definition) is 3. The number of nitrogens with one attached hydrogen (secondary N) is 2. The third-order valence-corrected chi connectivity index (χ3v) is 3.97. The van der Waals surface area contributed by atoms with Crippen LogP contribution in [0, 0.1) is 5.92 Å². The number of halogens is 1. The van der Waals surface area contributed by atoms with Crippen molar-refractivity contribution in [1.29, 1.82) is 0 Å². The average molecular weight is 297 g/mol. The van der Waals surface area contributed by atoms with Crippen LogP contribution in [0.25, 0.3) is 0 Å². The smallest absolute Gasteiger partial charge is 0.251 e. The maximum Gasteiger partial charge on any atom is 0.251 e. The van der Waals surface area contributed by atoms with Gasteiger partial charge in [-0.2, -0.15) is 0 Å². The van der Waals surface area contributed by atoms with E-state index in [-0.39, 0.29) is 18.3 Å². The molecule has 0 unspecified atom stereocenters. The fourth-order valence-corrected chi connectivity index (χ4v) is 2.74. The highest BCUT2D eigenvalue weighted by Crippen LogP contribution is 2.23. The zero-order chi connectivity index (χ0) is 13.1. The molecule has 2 heterocycles. The van der Waals surface area contributed by atoms with E-state index in [1.54, 1.807) is 0 Å². The quantitative estimate of drug-likeness (QED) is 0.899. The Morgan fingerprint density at radius 3 is 2.95 bits per heavy atom. The molecule has 0 aromatic heterocycles. The number of carbonyl (C=O) groups excluding carboxylic acids is 1. The molecule has 4 nitrogen and oxygen atoms in total. The molecule has 2 aliphatic rings. The Morgan fingerprint density at radius 1 is 1.35 bits per heavy atom. The lowest BCUT2D eigenvalue weighted by molar-refractivity contribution is 0.0642. The molecule has 1 aromatic rings. The Bertz CT molecular complexity index is 473. The summed E-state index contributed by atoms with van der Waals surface area (Å²) in [6.07, 6.45) is 3.11. The highest BCUT2D eigenvalue weighted by molar-refractivity contribution is 5.95. The summed E-state index contributed by atoms with van der Waals surface area (Å²) in [5.74, 6) is 0.606. The van der Waals surface area contributed by atoms with Crippen LogP contribution < -0.4 is 10.6 Å². The van der Waals surface area contributed by atoms with Gasteiger partial charge < -0.3 is 15.4 Å². The monoisotopic (exact) mass is 296 g/mol. The van der Waals surface area contributed by atoms with Crippen LogP contribution in [0.15, 0.2) is 18.2 Å². The van der Waals surface area contributed by atoms with E-state index in [1.807, 2.05) is 18.2 Å². The average Bonchev–Trinajstić information content (AvgIpc) is 2.93. The van der Waals surface area contributed by atoms with E-state index < -0.39 is 0 Å². The van der Waals surface area contributed by atoms with Crippen LogP contribution in [0.2, 0.25) is 0 Å². The molecule has 0 spiro atoms. The van der Waals surface area contributed by atoms with E-state index in [0.717, 1.165) is 51.1 Å². The molecule has 20 heavy (non-hydrogen) atoms. The summed E-state index contributed by atoms with van der Waals surface area (Å²) in [4.78, 5) is 12.1. The van der Waals surface area contributed by atoms with Crippen LogP contribution in [0.1, 0.15) is 28.8 Å². The van der Waals surface area contributed by atoms with E-state index in [1.165, 1.54) is 11.3 Å². The first kappa shape index (κ1) is 15.1. The molecule has 2 N–H and O–H groups in total. The molecule has 1 saturated heterocycles. The van der Waals surface area contributed by atoms with Gasteiger partial charge in [-0.15, -0.1) is 12.4 Å². The molecular weight excluding hydrogens is 276 g/mol. The predicted molar refractivity (Wildman–Crippen MR) is 81.8 cm³/mol. The number of rotatable bonds is 3. The Morgan fingerprint density at radius 2 is 2.15 bits per heavy atom. The van der Waals surface area contributed by atoms with Crippen molar-refractivity contribution in [2.45, 2.75) is 19.3 Å². The van der Waals surface area contributed by atoms with Crippen LogP contribution in [-0.4, -0.2) is 32.2 Å². The lowest BCUT2D eigenvalue weighted by atomic mass is 10.0. The molecule has 3 rings (SSSR count). The number of hydrogen-bond donors (Lipinski definition) is 2. The van der Waals surface area contributed by atoms with Crippen LogP contribution in [0.5, 0.6) is 0 Å². The minimum atomic E-state index is 0. The highest BCUT2D eigenvalue weighted by Gasteiger charge is 2.16. The molecule has 0 saturated carbocycles. The van der Waals surface area contributed by atoms with Gasteiger partial charge in [-0.3, -0.25) is 4.79 Å². The summed E-state index contributed by atoms with van der Waals surface area (Å²) in [5.41, 5.74) is 3.19. The van der Waals surface area contributed by atoms with Crippen molar-refractivity contribution in [1.82, 2.24) is 5.32 Å². The fourth-order valence-electron chi connectivity index (χ4n) is 2.74. The number of ether oxygens (including phenoxy) is 1. The Hall–Kier alpha value is -1.26. The van der Waals surface area contributed by atoms with Crippen molar-refractivity contribution in [2.24, 2.45) is 5.92 Å². The second-order valence-corrected chi connectivity index (χ2v) is 5.31. The number of anilines is 1. The number of carbonyl (C=O) groups is 1. The summed E-state index contributed by atoms with van der Waals surface area (Å²) in [6, 6.07) is 5.91. The van der Waals surface area contributed by atoms with Crippen molar-refractivity contribution >= 4 is 24.0 Å². The van der Waals surface area contributed by atoms with Crippen molar-refractivity contribution in [2.75, 3.05) is 31.6 Å². The molecule has 0 bridgehead atoms. The van der Waals surface area contributed by atoms with Gasteiger partial charge in [0.1, 0.15) is 0 Å². The Balaban J connectivity index is 0.00000147. The molecule has 1 amide bonds. The second kappa shape index (κ2) is 6.95. The van der Waals surface area contributed by atoms with Crippen molar-refractivity contribution in [3.8, 4) is 0 Å². The highest BCUT2D eigenvalue weighted by atomic mass is 35.5. The number of benzene rings is 1. The van der Waals surface area contributed by atoms with Crippen LogP contribution >= 0.6 is 12.4 Å². The maximum absolute atomic E-state index is 12.1. The van der Waals surface area contributed by atoms with E-state index in [9.17, 15) is 4.79 Å². The topological polar surface area (TPSA) is 50.4 Å². The van der Waals surface area contributed by atoms with E-state index in [0.29, 0.717) is 5.92 Å². The van der Waals surface area contributed by atoms with Gasteiger partial charge >= 0.3 is 0 Å². The molecule has 5 heteroatoms. The maximum atomic E-state index is 12.1. The minimum absolute atomic E-state index is 0. The van der Waals surface area contributed by atoms with Crippen LogP contribution in [0.3, 0.4) is 0 Å². The van der Waals surface area contributed by atoms with Crippen LogP contribution in [0.4, 0.5) is 5.69 Å². The van der Waals surface area contributed by atoms with E-state index >= 15 is 0 Å². The van der Waals surface area contributed by atoms with Gasteiger partial charge in [-0.05, 0) is 48.9 Å². The largest absolute Gasteiger partial charge is 0.384 e. The standard InChI is InChI=1S/C15H20N2O2.ClH/c18-15(17-10-11-4-7-19-8-5-11)13-1-2-14-12(9-13)3-6-16-14;/h1-2,9,11,16H,3-8,10H2,(H,17,18);1H. The fraction of sp³-hybridized carbons (Fsp3) is 0.533. The SMILES string of the molecule is Cl.O=C(NCC1CCOCC1)c1ccc2c(c1)CCN2. The van der Waals surface area contributed by atoms with Gasteiger partial charge in [0.05, 0.1) is 0 Å². The molecule has 2 aliphatic heterocycles. The summed E-state index contributed by atoms with van der Waals surface area (Å²) >= 11 is 0. The van der Waals surface area contributed by atoms with Crippen molar-refractivity contribution in [3.05, 3.63) is 29.3 Å². The zero-order valence-electron chi connectivity index (χ0n) is 11.5. The first-order chi connectivity index (χ1) is 9.33. The first-order valence-electron chi connectivity index (χ1n) is 7.05. The predicted octanol–water partition coefficient (Wildman–Crippen LogP) is 2.23. The molecular formula is C15H21ClN2O2. The van der Waals surface area contributed by atoms with Crippen LogP contribution in [-0.2, 0) is 11.2 Å². The number of amides is 1. The molecule has 110 valence electrons. The third-order valence-electron chi connectivity index (χ3n) is 3.97. The van der Waals surface area contributed by atoms with Gasteiger partial charge in [-0.1, -0.05) is 0 Å². The lowest BCUT2D eigenvalue weighted by Gasteiger charge is -2.22. The Kier molecular flexibility index (Phi) is 5.26. The van der Waals surface area contributed by atoms with Gasteiger partial charge in [0.25, 0.3) is 5.91 Å². The number of fused-ring (bicyclic) bond motifs is 1. The summed E-state index contributed by atoms with van der Waals surface area (Å²) in [5, 5.41) is 6.35. The summed E-state index contributed by atoms with van der Waals surface area (Å²) < 4.78 is 5.32. The lowest BCUT2D eigenvalue weighted by Crippen LogP contribution is -2.32. The van der Waals surface area contributed by atoms with E-state index in [2.05, 4.69) is 10.6 Å². The van der Waals surface area contributed by atoms with Gasteiger partial charge in [0, 0.05) is 37.6 Å². The second-order valence-electron chi connectivity index (χ2n) is 5.31. The van der Waals surface area contributed by atoms with Gasteiger partial charge in [0.15, 0.2) is 0 Å². The zero-order valence-corrected chi connectivity index (χ0v) is 12.3. The third kappa shape index (κ3) is 3.44. The normalized spacial score (nSPS) is 17.8.